The Kier molecular flexibility index (Phi) is 7.57. The Morgan fingerprint density at radius 2 is 1.83 bits per heavy atom. The second kappa shape index (κ2) is 11.4. The first-order valence-corrected chi connectivity index (χ1v) is 15.8. The molecule has 4 atom stereocenters. The van der Waals surface area contributed by atoms with Crippen LogP contribution in [0.4, 0.5) is 24.5 Å². The summed E-state index contributed by atoms with van der Waals surface area (Å²) in [7, 11) is 0. The minimum absolute atomic E-state index is 0.0197. The van der Waals surface area contributed by atoms with Gasteiger partial charge in [0.05, 0.1) is 45.6 Å². The summed E-state index contributed by atoms with van der Waals surface area (Å²) in [5.41, 5.74) is 0.766. The molecule has 0 bridgehead atoms. The SMILES string of the molecule is Cc1cnc2c(n1)c(=O)c(N1CCN(C(=O)c3ncnc(C)c3O)[C@H]3CC[C@@H]31)c1n2[C@H](C(=O)Nc2ccc(C(F)(F)F)cc2Cl)C[C@@H]1C. The fraction of sp³-hybridized carbons (Fsp3) is 0.406. The maximum absolute atomic E-state index is 14.3. The molecule has 0 unspecified atom stereocenters. The molecule has 1 aromatic carbocycles. The van der Waals surface area contributed by atoms with Gasteiger partial charge >= 0.3 is 6.18 Å². The van der Waals surface area contributed by atoms with Crippen LogP contribution >= 0.6 is 11.6 Å². The molecule has 12 nitrogen and oxygen atoms in total. The van der Waals surface area contributed by atoms with E-state index in [-0.39, 0.29) is 69.7 Å². The molecule has 2 fully saturated rings. The van der Waals surface area contributed by atoms with E-state index in [2.05, 4.69) is 25.3 Å². The van der Waals surface area contributed by atoms with Gasteiger partial charge in [-0.3, -0.25) is 14.4 Å². The predicted octanol–water partition coefficient (Wildman–Crippen LogP) is 4.76. The highest BCUT2D eigenvalue weighted by Gasteiger charge is 2.48. The van der Waals surface area contributed by atoms with Gasteiger partial charge in [0.1, 0.15) is 18.1 Å². The van der Waals surface area contributed by atoms with Crippen molar-refractivity contribution < 1.29 is 27.9 Å². The summed E-state index contributed by atoms with van der Waals surface area (Å²) in [6.45, 7) is 5.75. The summed E-state index contributed by atoms with van der Waals surface area (Å²) in [6.07, 6.45) is -0.190. The zero-order chi connectivity index (χ0) is 34.2. The van der Waals surface area contributed by atoms with Crippen molar-refractivity contribution in [2.45, 2.75) is 70.3 Å². The average molecular weight is 683 g/mol. The topological polar surface area (TPSA) is 146 Å². The van der Waals surface area contributed by atoms with Gasteiger partial charge in [-0.2, -0.15) is 13.2 Å². The van der Waals surface area contributed by atoms with Gasteiger partial charge in [0, 0.05) is 25.0 Å². The first-order chi connectivity index (χ1) is 22.8. The lowest BCUT2D eigenvalue weighted by Gasteiger charge is -2.54. The third-order valence-corrected chi connectivity index (χ3v) is 9.90. The number of amides is 2. The zero-order valence-corrected chi connectivity index (χ0v) is 26.8. The fourth-order valence-electron chi connectivity index (χ4n) is 7.13. The minimum atomic E-state index is -4.60. The van der Waals surface area contributed by atoms with Crippen LogP contribution in [0.15, 0.2) is 35.5 Å². The largest absolute Gasteiger partial charge is 0.504 e. The monoisotopic (exact) mass is 682 g/mol. The van der Waals surface area contributed by atoms with E-state index in [9.17, 15) is 32.7 Å². The molecule has 2 aliphatic heterocycles. The number of pyridine rings is 1. The van der Waals surface area contributed by atoms with Gasteiger partial charge in [-0.05, 0) is 51.3 Å². The molecule has 48 heavy (non-hydrogen) atoms. The van der Waals surface area contributed by atoms with Crippen LogP contribution in [0.1, 0.15) is 71.3 Å². The number of nitrogens with zero attached hydrogens (tertiary/aromatic N) is 7. The Morgan fingerprint density at radius 1 is 1.08 bits per heavy atom. The summed E-state index contributed by atoms with van der Waals surface area (Å²) < 4.78 is 41.4. The van der Waals surface area contributed by atoms with E-state index in [1.165, 1.54) is 12.5 Å². The number of aromatic nitrogens is 5. The molecule has 3 aromatic heterocycles. The quantitative estimate of drug-likeness (QED) is 0.311. The second-order valence-electron chi connectivity index (χ2n) is 12.5. The van der Waals surface area contributed by atoms with Crippen molar-refractivity contribution in [3.63, 3.8) is 0 Å². The van der Waals surface area contributed by atoms with Crippen LogP contribution in [-0.4, -0.2) is 71.5 Å². The van der Waals surface area contributed by atoms with Crippen LogP contribution in [-0.2, 0) is 11.0 Å². The van der Waals surface area contributed by atoms with Gasteiger partial charge < -0.3 is 24.8 Å². The van der Waals surface area contributed by atoms with Crippen LogP contribution in [0.5, 0.6) is 5.75 Å². The second-order valence-corrected chi connectivity index (χ2v) is 12.9. The van der Waals surface area contributed by atoms with Crippen molar-refractivity contribution in [1.29, 1.82) is 0 Å². The molecule has 250 valence electrons. The van der Waals surface area contributed by atoms with Crippen molar-refractivity contribution in [3.8, 4) is 5.75 Å². The number of anilines is 2. The molecule has 16 heteroatoms. The standard InChI is InChI=1S/C32H30ClF3N8O4/c1-14-10-22(30(47)41-19-5-4-17(11-18(19)33)32(34,35)36)44-25(14)26(28(46)23-29(44)37-12-15(2)40-23)42-8-9-43(21-7-6-20(21)42)31(48)24-27(45)16(3)38-13-39-24/h4-5,11-14,20-22,45H,6-10H2,1-3H3,(H,41,47)/t14-,20-,21-,22-/m0/s1. The molecule has 1 saturated heterocycles. The molecule has 7 rings (SSSR count). The molecule has 1 aliphatic carbocycles. The molecule has 2 amide bonds. The lowest BCUT2D eigenvalue weighted by molar-refractivity contribution is -0.137. The Balaban J connectivity index is 1.27. The number of hydrogen-bond acceptors (Lipinski definition) is 9. The molecular weight excluding hydrogens is 653 g/mol. The number of aryl methyl sites for hydroxylation is 2. The summed E-state index contributed by atoms with van der Waals surface area (Å²) in [5.74, 6) is -1.51. The molecular formula is C32H30ClF3N8O4. The Morgan fingerprint density at radius 3 is 2.52 bits per heavy atom. The molecule has 1 saturated carbocycles. The third kappa shape index (κ3) is 5.02. The molecule has 4 aromatic rings. The highest BCUT2D eigenvalue weighted by molar-refractivity contribution is 6.33. The summed E-state index contributed by atoms with van der Waals surface area (Å²) in [6, 6.07) is 1.37. The number of benzene rings is 1. The first kappa shape index (κ1) is 31.8. The average Bonchev–Trinajstić information content (AvgIpc) is 3.36. The number of carbonyl (C=O) groups excluding carboxylic acids is 2. The van der Waals surface area contributed by atoms with Crippen LogP contribution in [0.25, 0.3) is 11.2 Å². The maximum atomic E-state index is 14.3. The van der Waals surface area contributed by atoms with Gasteiger partial charge in [-0.25, -0.2) is 19.9 Å². The smallest absolute Gasteiger partial charge is 0.416 e. The Bertz CT molecular complexity index is 2070. The third-order valence-electron chi connectivity index (χ3n) is 9.59. The van der Waals surface area contributed by atoms with Crippen LogP contribution in [0.2, 0.25) is 5.02 Å². The van der Waals surface area contributed by atoms with Gasteiger partial charge in [-0.1, -0.05) is 18.5 Å². The van der Waals surface area contributed by atoms with E-state index in [0.717, 1.165) is 18.2 Å². The zero-order valence-electron chi connectivity index (χ0n) is 26.0. The fourth-order valence-corrected chi connectivity index (χ4v) is 7.36. The van der Waals surface area contributed by atoms with Gasteiger partial charge in [0.25, 0.3) is 5.91 Å². The van der Waals surface area contributed by atoms with Gasteiger partial charge in [0.2, 0.25) is 11.3 Å². The first-order valence-electron chi connectivity index (χ1n) is 15.4. The minimum Gasteiger partial charge on any atom is -0.504 e. The lowest BCUT2D eigenvalue weighted by atomic mass is 9.81. The number of piperazine rings is 1. The number of alkyl halides is 3. The van der Waals surface area contributed by atoms with E-state index in [1.54, 1.807) is 23.3 Å². The van der Waals surface area contributed by atoms with Crippen LogP contribution < -0.4 is 15.6 Å². The highest BCUT2D eigenvalue weighted by Crippen LogP contribution is 2.46. The lowest BCUT2D eigenvalue weighted by Crippen LogP contribution is -2.67. The van der Waals surface area contributed by atoms with Crippen LogP contribution in [0.3, 0.4) is 0 Å². The Hall–Kier alpha value is -4.79. The summed E-state index contributed by atoms with van der Waals surface area (Å²) in [5, 5.41) is 12.9. The van der Waals surface area contributed by atoms with E-state index in [4.69, 9.17) is 11.6 Å². The number of nitrogens with one attached hydrogen (secondary N) is 1. The molecule has 5 heterocycles. The maximum Gasteiger partial charge on any atom is 0.416 e. The van der Waals surface area contributed by atoms with E-state index in [0.29, 0.717) is 42.2 Å². The number of aromatic hydroxyl groups is 1. The molecule has 0 radical (unpaired) electrons. The van der Waals surface area contributed by atoms with E-state index in [1.807, 2.05) is 11.8 Å². The van der Waals surface area contributed by atoms with Crippen molar-refractivity contribution in [1.82, 2.24) is 29.4 Å². The normalized spacial score (nSPS) is 21.9. The number of carbonyl (C=O) groups is 2. The summed E-state index contributed by atoms with van der Waals surface area (Å²) >= 11 is 6.16. The predicted molar refractivity (Wildman–Crippen MR) is 169 cm³/mol. The van der Waals surface area contributed by atoms with Crippen LogP contribution in [0, 0.1) is 13.8 Å². The number of rotatable bonds is 4. The number of halogens is 4. The van der Waals surface area contributed by atoms with Crippen molar-refractivity contribution in [2.75, 3.05) is 23.3 Å². The van der Waals surface area contributed by atoms with E-state index < -0.39 is 29.6 Å². The number of hydrogen-bond donors (Lipinski definition) is 2. The Labute approximate surface area is 276 Å². The van der Waals surface area contributed by atoms with E-state index >= 15 is 0 Å². The number of fused-ring (bicyclic) bond motifs is 4. The summed E-state index contributed by atoms with van der Waals surface area (Å²) in [4.78, 5) is 62.4. The molecule has 3 aliphatic rings. The van der Waals surface area contributed by atoms with Crippen molar-refractivity contribution in [3.05, 3.63) is 74.3 Å². The highest BCUT2D eigenvalue weighted by atomic mass is 35.5. The molecule has 0 spiro atoms. The van der Waals surface area contributed by atoms with Crippen molar-refractivity contribution in [2.24, 2.45) is 0 Å². The van der Waals surface area contributed by atoms with Gasteiger partial charge in [-0.15, -0.1) is 0 Å². The van der Waals surface area contributed by atoms with Gasteiger partial charge in [0.15, 0.2) is 22.6 Å². The van der Waals surface area contributed by atoms with Crippen molar-refractivity contribution >= 4 is 46.0 Å². The molecule has 2 N–H and O–H groups in total.